The normalized spacial score (nSPS) is 29.6. The number of hydrogen-bond acceptors (Lipinski definition) is 2. The Kier molecular flexibility index (Phi) is 5.77. The van der Waals surface area contributed by atoms with Crippen LogP contribution >= 0.6 is 0 Å². The summed E-state index contributed by atoms with van der Waals surface area (Å²) in [7, 11) is 0. The molecule has 0 aromatic rings. The van der Waals surface area contributed by atoms with Crippen molar-refractivity contribution in [1.82, 2.24) is 10.2 Å². The Morgan fingerprint density at radius 3 is 2.44 bits per heavy atom. The Balaban J connectivity index is 2.30. The number of piperidine rings is 1. The van der Waals surface area contributed by atoms with E-state index in [0.717, 1.165) is 31.0 Å². The molecule has 0 bridgehead atoms. The molecular formula is C14H30N2. The van der Waals surface area contributed by atoms with Gasteiger partial charge in [-0.2, -0.15) is 0 Å². The van der Waals surface area contributed by atoms with Gasteiger partial charge in [-0.1, -0.05) is 20.8 Å². The Morgan fingerprint density at radius 2 is 1.81 bits per heavy atom. The molecule has 3 atom stereocenters. The Bertz CT molecular complexity index is 191. The van der Waals surface area contributed by atoms with Gasteiger partial charge in [0, 0.05) is 25.2 Å². The molecule has 1 aliphatic rings. The van der Waals surface area contributed by atoms with Crippen LogP contribution < -0.4 is 5.32 Å². The van der Waals surface area contributed by atoms with Gasteiger partial charge in [-0.25, -0.2) is 0 Å². The number of likely N-dealkylation sites (tertiary alicyclic amines) is 1. The van der Waals surface area contributed by atoms with Gasteiger partial charge in [0.1, 0.15) is 0 Å². The molecule has 1 N–H and O–H groups in total. The summed E-state index contributed by atoms with van der Waals surface area (Å²) in [6.07, 6.45) is 2.78. The lowest BCUT2D eigenvalue weighted by atomic mass is 9.93. The molecule has 3 unspecified atom stereocenters. The molecule has 1 saturated heterocycles. The number of rotatable bonds is 5. The third kappa shape index (κ3) is 4.42. The third-order valence-corrected chi connectivity index (χ3v) is 3.72. The zero-order chi connectivity index (χ0) is 12.1. The van der Waals surface area contributed by atoms with Gasteiger partial charge in [0.2, 0.25) is 0 Å². The van der Waals surface area contributed by atoms with Crippen LogP contribution in [0.3, 0.4) is 0 Å². The number of nitrogens with zero attached hydrogens (tertiary/aromatic N) is 1. The van der Waals surface area contributed by atoms with Crippen LogP contribution in [0.2, 0.25) is 0 Å². The van der Waals surface area contributed by atoms with Gasteiger partial charge in [0.15, 0.2) is 0 Å². The highest BCUT2D eigenvalue weighted by Gasteiger charge is 2.26. The number of hydrogen-bond donors (Lipinski definition) is 1. The zero-order valence-corrected chi connectivity index (χ0v) is 11.8. The standard InChI is InChI=1S/C14H30N2/c1-11(2)8-15-9-14(5)16-10-12(3)6-7-13(16)4/h11-15H,6-10H2,1-5H3. The molecule has 1 heterocycles. The largest absolute Gasteiger partial charge is 0.315 e. The maximum atomic E-state index is 3.58. The lowest BCUT2D eigenvalue weighted by Gasteiger charge is -2.41. The van der Waals surface area contributed by atoms with Crippen molar-refractivity contribution in [3.05, 3.63) is 0 Å². The summed E-state index contributed by atoms with van der Waals surface area (Å²) in [4.78, 5) is 2.68. The molecule has 0 aromatic carbocycles. The zero-order valence-electron chi connectivity index (χ0n) is 11.8. The van der Waals surface area contributed by atoms with E-state index < -0.39 is 0 Å². The minimum absolute atomic E-state index is 0.677. The van der Waals surface area contributed by atoms with E-state index in [1.165, 1.54) is 19.4 Å². The Hall–Kier alpha value is -0.0800. The summed E-state index contributed by atoms with van der Waals surface area (Å²) >= 11 is 0. The monoisotopic (exact) mass is 226 g/mol. The second kappa shape index (κ2) is 6.61. The van der Waals surface area contributed by atoms with Gasteiger partial charge in [0.25, 0.3) is 0 Å². The highest BCUT2D eigenvalue weighted by molar-refractivity contribution is 4.81. The van der Waals surface area contributed by atoms with E-state index in [1.807, 2.05) is 0 Å². The molecule has 1 aliphatic heterocycles. The van der Waals surface area contributed by atoms with Gasteiger partial charge >= 0.3 is 0 Å². The van der Waals surface area contributed by atoms with E-state index in [0.29, 0.717) is 6.04 Å². The van der Waals surface area contributed by atoms with E-state index in [1.54, 1.807) is 0 Å². The van der Waals surface area contributed by atoms with Crippen molar-refractivity contribution in [1.29, 1.82) is 0 Å². The summed E-state index contributed by atoms with van der Waals surface area (Å²) in [6.45, 7) is 15.2. The summed E-state index contributed by atoms with van der Waals surface area (Å²) in [5, 5.41) is 3.58. The van der Waals surface area contributed by atoms with Gasteiger partial charge in [-0.15, -0.1) is 0 Å². The van der Waals surface area contributed by atoms with Gasteiger partial charge in [-0.3, -0.25) is 4.90 Å². The quantitative estimate of drug-likeness (QED) is 0.775. The Morgan fingerprint density at radius 1 is 1.12 bits per heavy atom. The predicted molar refractivity (Wildman–Crippen MR) is 71.7 cm³/mol. The first-order valence-electron chi connectivity index (χ1n) is 6.97. The van der Waals surface area contributed by atoms with E-state index >= 15 is 0 Å². The lowest BCUT2D eigenvalue weighted by molar-refractivity contribution is 0.0838. The third-order valence-electron chi connectivity index (χ3n) is 3.72. The average molecular weight is 226 g/mol. The fraction of sp³-hybridized carbons (Fsp3) is 1.00. The van der Waals surface area contributed by atoms with Crippen molar-refractivity contribution in [3.63, 3.8) is 0 Å². The molecule has 0 aromatic heterocycles. The predicted octanol–water partition coefficient (Wildman–Crippen LogP) is 2.74. The van der Waals surface area contributed by atoms with E-state index in [4.69, 9.17) is 0 Å². The van der Waals surface area contributed by atoms with Crippen molar-refractivity contribution in [2.75, 3.05) is 19.6 Å². The van der Waals surface area contributed by atoms with Crippen molar-refractivity contribution >= 4 is 0 Å². The van der Waals surface area contributed by atoms with Crippen LogP contribution in [0.25, 0.3) is 0 Å². The van der Waals surface area contributed by atoms with E-state index in [9.17, 15) is 0 Å². The minimum Gasteiger partial charge on any atom is -0.315 e. The fourth-order valence-corrected chi connectivity index (χ4v) is 2.64. The van der Waals surface area contributed by atoms with E-state index in [-0.39, 0.29) is 0 Å². The molecule has 0 aliphatic carbocycles. The molecule has 16 heavy (non-hydrogen) atoms. The summed E-state index contributed by atoms with van der Waals surface area (Å²) in [5.74, 6) is 1.63. The van der Waals surface area contributed by atoms with Crippen LogP contribution in [0.1, 0.15) is 47.5 Å². The second-order valence-corrected chi connectivity index (χ2v) is 6.13. The van der Waals surface area contributed by atoms with E-state index in [2.05, 4.69) is 44.8 Å². The molecule has 1 rings (SSSR count). The van der Waals surface area contributed by atoms with Crippen LogP contribution in [0.15, 0.2) is 0 Å². The number of nitrogens with one attached hydrogen (secondary N) is 1. The van der Waals surface area contributed by atoms with Crippen LogP contribution in [0.4, 0.5) is 0 Å². The fourth-order valence-electron chi connectivity index (χ4n) is 2.64. The van der Waals surface area contributed by atoms with Crippen LogP contribution in [-0.4, -0.2) is 36.6 Å². The van der Waals surface area contributed by atoms with Crippen molar-refractivity contribution < 1.29 is 0 Å². The first-order valence-corrected chi connectivity index (χ1v) is 6.97. The van der Waals surface area contributed by atoms with Gasteiger partial charge < -0.3 is 5.32 Å². The molecule has 2 heteroatoms. The molecule has 96 valence electrons. The van der Waals surface area contributed by atoms with Gasteiger partial charge in [0.05, 0.1) is 0 Å². The maximum Gasteiger partial charge on any atom is 0.0195 e. The first-order chi connectivity index (χ1) is 7.50. The summed E-state index contributed by atoms with van der Waals surface area (Å²) in [5.41, 5.74) is 0. The topological polar surface area (TPSA) is 15.3 Å². The smallest absolute Gasteiger partial charge is 0.0195 e. The van der Waals surface area contributed by atoms with Crippen LogP contribution in [0.5, 0.6) is 0 Å². The highest BCUT2D eigenvalue weighted by atomic mass is 15.2. The van der Waals surface area contributed by atoms with Gasteiger partial charge in [-0.05, 0) is 45.1 Å². The van der Waals surface area contributed by atoms with Crippen molar-refractivity contribution in [3.8, 4) is 0 Å². The van der Waals surface area contributed by atoms with Crippen LogP contribution in [-0.2, 0) is 0 Å². The molecular weight excluding hydrogens is 196 g/mol. The molecule has 0 saturated carbocycles. The molecule has 0 spiro atoms. The first kappa shape index (κ1) is 14.0. The molecule has 2 nitrogen and oxygen atoms in total. The SMILES string of the molecule is CC(C)CNCC(C)N1CC(C)CCC1C. The highest BCUT2D eigenvalue weighted by Crippen LogP contribution is 2.23. The summed E-state index contributed by atoms with van der Waals surface area (Å²) < 4.78 is 0. The average Bonchev–Trinajstić information content (AvgIpc) is 2.21. The molecule has 1 fully saturated rings. The molecule has 0 radical (unpaired) electrons. The lowest BCUT2D eigenvalue weighted by Crippen LogP contribution is -2.50. The second-order valence-electron chi connectivity index (χ2n) is 6.13. The minimum atomic E-state index is 0.677. The molecule has 0 amide bonds. The maximum absolute atomic E-state index is 3.58. The van der Waals surface area contributed by atoms with Crippen molar-refractivity contribution in [2.45, 2.75) is 59.5 Å². The summed E-state index contributed by atoms with van der Waals surface area (Å²) in [6, 6.07) is 1.45. The van der Waals surface area contributed by atoms with Crippen molar-refractivity contribution in [2.24, 2.45) is 11.8 Å². The van der Waals surface area contributed by atoms with Crippen LogP contribution in [0, 0.1) is 11.8 Å². The Labute approximate surface area is 102 Å².